The topological polar surface area (TPSA) is 48.7 Å². The normalized spacial score (nSPS) is 18.7. The van der Waals surface area contributed by atoms with E-state index in [1.807, 2.05) is 36.1 Å². The number of hydrogen-bond donors (Lipinski definition) is 1. The van der Waals surface area contributed by atoms with E-state index in [9.17, 15) is 9.90 Å². The van der Waals surface area contributed by atoms with E-state index < -0.39 is 5.60 Å². The maximum absolute atomic E-state index is 12.7. The molecule has 0 aliphatic carbocycles. The minimum absolute atomic E-state index is 0.0960. The largest absolute Gasteiger partial charge is 0.384 e. The number of rotatable bonds is 4. The van der Waals surface area contributed by atoms with Crippen molar-refractivity contribution in [3.63, 3.8) is 0 Å². The van der Waals surface area contributed by atoms with E-state index in [2.05, 4.69) is 41.6 Å². The van der Waals surface area contributed by atoms with Gasteiger partial charge in [0.25, 0.3) is 5.91 Å². The highest BCUT2D eigenvalue weighted by Crippen LogP contribution is 2.34. The average Bonchev–Trinajstić information content (AvgIpc) is 3.41. The van der Waals surface area contributed by atoms with Gasteiger partial charge in [0, 0.05) is 54.8 Å². The van der Waals surface area contributed by atoms with E-state index >= 15 is 0 Å². The maximum atomic E-state index is 12.7. The Morgan fingerprint density at radius 2 is 1.78 bits per heavy atom. The molecule has 2 aliphatic rings. The fraction of sp³-hybridized carbons (Fsp3) is 0.444. The second-order valence-corrected chi connectivity index (χ2v) is 9.87. The number of fused-ring (bicyclic) bond motifs is 3. The number of benzene rings is 2. The molecule has 1 amide bonds. The van der Waals surface area contributed by atoms with Crippen LogP contribution >= 0.6 is 0 Å². The number of amides is 1. The lowest BCUT2D eigenvalue weighted by molar-refractivity contribution is 0.0384. The third kappa shape index (κ3) is 3.74. The number of hydrogen-bond acceptors (Lipinski definition) is 3. The molecule has 0 bridgehead atoms. The first kappa shape index (κ1) is 21.2. The van der Waals surface area contributed by atoms with E-state index in [4.69, 9.17) is 0 Å². The van der Waals surface area contributed by atoms with Crippen LogP contribution in [-0.4, -0.2) is 52.1 Å². The Morgan fingerprint density at radius 1 is 1.06 bits per heavy atom. The predicted molar refractivity (Wildman–Crippen MR) is 128 cm³/mol. The quantitative estimate of drug-likeness (QED) is 0.677. The Hall–Kier alpha value is -2.63. The zero-order valence-electron chi connectivity index (χ0n) is 19.4. The monoisotopic (exact) mass is 431 g/mol. The van der Waals surface area contributed by atoms with Crippen molar-refractivity contribution < 1.29 is 9.90 Å². The van der Waals surface area contributed by atoms with Gasteiger partial charge in [-0.25, -0.2) is 0 Å². The van der Waals surface area contributed by atoms with Gasteiger partial charge in [-0.3, -0.25) is 4.79 Å². The second-order valence-electron chi connectivity index (χ2n) is 9.87. The smallest absolute Gasteiger partial charge is 0.253 e. The molecule has 1 N–H and O–H groups in total. The fourth-order valence-corrected chi connectivity index (χ4v) is 5.35. The number of carbonyl (C=O) groups excluding carboxylic acids is 1. The van der Waals surface area contributed by atoms with Crippen LogP contribution in [0.2, 0.25) is 0 Å². The second kappa shape index (κ2) is 8.05. The lowest BCUT2D eigenvalue weighted by Crippen LogP contribution is -2.32. The summed E-state index contributed by atoms with van der Waals surface area (Å²) in [6, 6.07) is 14.2. The summed E-state index contributed by atoms with van der Waals surface area (Å²) < 4.78 is 2.32. The molecule has 2 aliphatic heterocycles. The molecule has 1 fully saturated rings. The molecule has 1 aromatic heterocycles. The molecular formula is C27H33N3O2. The Balaban J connectivity index is 1.46. The lowest BCUT2D eigenvalue weighted by Gasteiger charge is -2.29. The Kier molecular flexibility index (Phi) is 5.34. The summed E-state index contributed by atoms with van der Waals surface area (Å²) in [4.78, 5) is 17.0. The van der Waals surface area contributed by atoms with Gasteiger partial charge in [-0.2, -0.15) is 0 Å². The molecule has 5 rings (SSSR count). The predicted octanol–water partition coefficient (Wildman–Crippen LogP) is 4.08. The first-order valence-electron chi connectivity index (χ1n) is 11.7. The van der Waals surface area contributed by atoms with Crippen LogP contribution in [0, 0.1) is 6.92 Å². The van der Waals surface area contributed by atoms with E-state index in [0.29, 0.717) is 12.1 Å². The summed E-state index contributed by atoms with van der Waals surface area (Å²) in [5.41, 5.74) is 5.68. The summed E-state index contributed by atoms with van der Waals surface area (Å²) in [5, 5.41) is 12.8. The van der Waals surface area contributed by atoms with Crippen LogP contribution in [0.3, 0.4) is 0 Å². The first-order chi connectivity index (χ1) is 15.3. The standard InChI is InChI=1S/C27H33N3O2/c1-19-6-11-24-22(16-19)23-17-28(3)15-12-25(23)30(24)18-27(2,32)21-9-7-20(8-10-21)26(31)29-13-4-5-14-29/h6-11,16,32H,4-5,12-15,17-18H2,1-3H3. The molecular weight excluding hydrogens is 398 g/mol. The van der Waals surface area contributed by atoms with Crippen LogP contribution in [0.5, 0.6) is 0 Å². The van der Waals surface area contributed by atoms with E-state index in [1.54, 1.807) is 0 Å². The molecule has 1 unspecified atom stereocenters. The van der Waals surface area contributed by atoms with Crippen LogP contribution in [0.1, 0.15) is 52.5 Å². The van der Waals surface area contributed by atoms with Crippen molar-refractivity contribution in [2.75, 3.05) is 26.7 Å². The van der Waals surface area contributed by atoms with Crippen molar-refractivity contribution in [2.24, 2.45) is 0 Å². The van der Waals surface area contributed by atoms with Gasteiger partial charge in [-0.1, -0.05) is 23.8 Å². The van der Waals surface area contributed by atoms with Gasteiger partial charge in [0.15, 0.2) is 0 Å². The molecule has 5 heteroatoms. The van der Waals surface area contributed by atoms with E-state index in [0.717, 1.165) is 51.0 Å². The highest BCUT2D eigenvalue weighted by Gasteiger charge is 2.29. The molecule has 0 saturated carbocycles. The molecule has 0 radical (unpaired) electrons. The van der Waals surface area contributed by atoms with Gasteiger partial charge >= 0.3 is 0 Å². The third-order valence-corrected chi connectivity index (χ3v) is 7.21. The fourth-order valence-electron chi connectivity index (χ4n) is 5.35. The molecule has 3 heterocycles. The van der Waals surface area contributed by atoms with Gasteiger partial charge in [-0.15, -0.1) is 0 Å². The average molecular weight is 432 g/mol. The molecule has 1 saturated heterocycles. The van der Waals surface area contributed by atoms with Crippen LogP contribution in [0.25, 0.3) is 10.9 Å². The zero-order chi connectivity index (χ0) is 22.5. The number of aliphatic hydroxyl groups is 1. The van der Waals surface area contributed by atoms with Crippen LogP contribution in [0.15, 0.2) is 42.5 Å². The van der Waals surface area contributed by atoms with Gasteiger partial charge in [0.1, 0.15) is 5.60 Å². The SMILES string of the molecule is Cc1ccc2c(c1)c1c(n2CC(C)(O)c2ccc(C(=O)N3CCCC3)cc2)CCN(C)C1. The maximum Gasteiger partial charge on any atom is 0.253 e. The summed E-state index contributed by atoms with van der Waals surface area (Å²) in [5.74, 6) is 0.0960. The van der Waals surface area contributed by atoms with Crippen molar-refractivity contribution in [2.45, 2.75) is 51.8 Å². The van der Waals surface area contributed by atoms with Crippen LogP contribution in [0.4, 0.5) is 0 Å². The van der Waals surface area contributed by atoms with Crippen molar-refractivity contribution in [3.8, 4) is 0 Å². The minimum Gasteiger partial charge on any atom is -0.384 e. The molecule has 5 nitrogen and oxygen atoms in total. The highest BCUT2D eigenvalue weighted by atomic mass is 16.3. The summed E-state index contributed by atoms with van der Waals surface area (Å²) in [6.07, 6.45) is 3.16. The molecule has 0 spiro atoms. The van der Waals surface area contributed by atoms with Gasteiger partial charge < -0.3 is 19.5 Å². The number of carbonyl (C=O) groups is 1. The van der Waals surface area contributed by atoms with Crippen LogP contribution in [-0.2, 0) is 25.1 Å². The molecule has 1 atom stereocenters. The minimum atomic E-state index is -1.04. The molecule has 2 aromatic carbocycles. The van der Waals surface area contributed by atoms with Crippen molar-refractivity contribution in [1.82, 2.24) is 14.4 Å². The zero-order valence-corrected chi connectivity index (χ0v) is 19.4. The van der Waals surface area contributed by atoms with Crippen molar-refractivity contribution >= 4 is 16.8 Å². The van der Waals surface area contributed by atoms with Crippen molar-refractivity contribution in [3.05, 3.63) is 70.4 Å². The highest BCUT2D eigenvalue weighted by molar-refractivity contribution is 5.94. The lowest BCUT2D eigenvalue weighted by atomic mass is 9.94. The number of aryl methyl sites for hydroxylation is 1. The third-order valence-electron chi connectivity index (χ3n) is 7.21. The van der Waals surface area contributed by atoms with Crippen LogP contribution < -0.4 is 0 Å². The van der Waals surface area contributed by atoms with Gasteiger partial charge in [-0.05, 0) is 69.1 Å². The number of nitrogens with zero attached hydrogens (tertiary/aromatic N) is 3. The Morgan fingerprint density at radius 3 is 2.50 bits per heavy atom. The molecule has 32 heavy (non-hydrogen) atoms. The first-order valence-corrected chi connectivity index (χ1v) is 11.7. The van der Waals surface area contributed by atoms with E-state index in [-0.39, 0.29) is 5.91 Å². The summed E-state index contributed by atoms with van der Waals surface area (Å²) in [7, 11) is 2.17. The van der Waals surface area contributed by atoms with E-state index in [1.165, 1.54) is 27.7 Å². The van der Waals surface area contributed by atoms with Crippen molar-refractivity contribution in [1.29, 1.82) is 0 Å². The molecule has 168 valence electrons. The Bertz CT molecular complexity index is 1150. The van der Waals surface area contributed by atoms with Gasteiger partial charge in [0.2, 0.25) is 0 Å². The number of likely N-dealkylation sites (tertiary alicyclic amines) is 1. The summed E-state index contributed by atoms with van der Waals surface area (Å²) in [6.45, 7) is 8.17. The van der Waals surface area contributed by atoms with Gasteiger partial charge in [0.05, 0.1) is 6.54 Å². The number of aromatic nitrogens is 1. The molecule has 3 aromatic rings. The number of likely N-dealkylation sites (N-methyl/N-ethyl adjacent to an activating group) is 1. The summed E-state index contributed by atoms with van der Waals surface area (Å²) >= 11 is 0. The Labute approximate surface area is 190 Å².